The molecule has 0 fully saturated rings. The van der Waals surface area contributed by atoms with Gasteiger partial charge in [0, 0.05) is 31.3 Å². The van der Waals surface area contributed by atoms with Gasteiger partial charge in [-0.05, 0) is 138 Å². The van der Waals surface area contributed by atoms with Crippen LogP contribution < -0.4 is 5.32 Å². The molecule has 2 aliphatic heterocycles. The van der Waals surface area contributed by atoms with E-state index >= 15 is 4.39 Å². The largest absolute Gasteiger partial charge is 0.328 e. The summed E-state index contributed by atoms with van der Waals surface area (Å²) in [4.78, 5) is 98.0. The van der Waals surface area contributed by atoms with E-state index in [1.165, 1.54) is 35.6 Å². The number of hydrogen-bond acceptors (Lipinski definition) is 13. The summed E-state index contributed by atoms with van der Waals surface area (Å²) in [6, 6.07) is 40.9. The molecule has 6 heterocycles. The van der Waals surface area contributed by atoms with Crippen LogP contribution in [0.25, 0.3) is 22.8 Å². The van der Waals surface area contributed by atoms with Crippen molar-refractivity contribution >= 4 is 46.4 Å². The van der Waals surface area contributed by atoms with E-state index in [2.05, 4.69) is 30.5 Å². The van der Waals surface area contributed by atoms with Crippen molar-refractivity contribution in [2.24, 2.45) is 10.8 Å². The minimum Gasteiger partial charge on any atom is -0.328 e. The van der Waals surface area contributed by atoms with E-state index in [1.54, 1.807) is 76.2 Å². The van der Waals surface area contributed by atoms with Crippen molar-refractivity contribution in [3.05, 3.63) is 274 Å². The number of halogens is 7. The fourth-order valence-corrected chi connectivity index (χ4v) is 12.1. The standard InChI is InChI=1S/C38H35F3N6O3.C32H32F3N5O2.C6H4ClNO/c1-38(2,3)32(34-43-33(30-20-26(40)15-16-31(30)41)44-46(34)23-24-10-5-4-6-11-24)45(35(48)25-12-9-18-42-22-25)19-17-27(21-39)47-36(49)28-13-7-8-14-29(28)37(47)50;1-32(2,3)27(36-16-15-22(18-33)40-30(41)23-11-7-8-12-24(23)31(40)42)29-37-28(25-17-21(34)13-14-26(25)35)38-39(29)19-20-9-5-4-6-10-20;7-6(9)5-2-1-3-8-4-5/h4-16,18,20,22,27,32H,17,19,21,23H2,1-3H3;4-14,17,22,27,36H,15-16,18-19H2,1-3H3;1-4H/t27-,32-;22-,27-;/m00./s1. The zero-order valence-electron chi connectivity index (χ0n) is 56.0. The molecular weight excluding hydrogens is 1330 g/mol. The summed E-state index contributed by atoms with van der Waals surface area (Å²) >= 11 is 5.12. The van der Waals surface area contributed by atoms with Crippen LogP contribution in [-0.4, -0.2) is 127 Å². The van der Waals surface area contributed by atoms with E-state index < -0.39 is 106 Å². The third kappa shape index (κ3) is 16.9. The summed E-state index contributed by atoms with van der Waals surface area (Å²) in [7, 11) is 0. The third-order valence-corrected chi connectivity index (χ3v) is 17.1. The van der Waals surface area contributed by atoms with Crippen LogP contribution in [0.3, 0.4) is 0 Å². The molecule has 0 unspecified atom stereocenters. The molecule has 0 saturated heterocycles. The average Bonchev–Trinajstić information content (AvgIpc) is 1.69. The number of rotatable bonds is 22. The lowest BCUT2D eigenvalue weighted by atomic mass is 9.84. The van der Waals surface area contributed by atoms with Gasteiger partial charge in [0.25, 0.3) is 34.8 Å². The summed E-state index contributed by atoms with van der Waals surface area (Å²) < 4.78 is 90.6. The second kappa shape index (κ2) is 32.0. The highest BCUT2D eigenvalue weighted by atomic mass is 35.5. The summed E-state index contributed by atoms with van der Waals surface area (Å²) in [5, 5.41) is 12.2. The van der Waals surface area contributed by atoms with Gasteiger partial charge in [-0.3, -0.25) is 48.5 Å². The Morgan fingerprint density at radius 1 is 0.505 bits per heavy atom. The van der Waals surface area contributed by atoms with Gasteiger partial charge in [-0.15, -0.1) is 0 Å². The smallest absolute Gasteiger partial charge is 0.261 e. The first-order valence-corrected chi connectivity index (χ1v) is 32.7. The van der Waals surface area contributed by atoms with Crippen LogP contribution in [-0.2, 0) is 13.1 Å². The van der Waals surface area contributed by atoms with Crippen molar-refractivity contribution < 1.29 is 55.1 Å². The summed E-state index contributed by atoms with van der Waals surface area (Å²) in [6.45, 7) is 10.4. The number of benzene rings is 6. The van der Waals surface area contributed by atoms with E-state index in [0.717, 1.165) is 57.3 Å². The number of fused-ring (bicyclic) bond motifs is 2. The minimum atomic E-state index is -1.17. The Morgan fingerprint density at radius 3 is 1.32 bits per heavy atom. The molecule has 0 spiro atoms. The van der Waals surface area contributed by atoms with E-state index in [9.17, 15) is 50.7 Å². The van der Waals surface area contributed by atoms with Crippen LogP contribution in [0.5, 0.6) is 0 Å². The Kier molecular flexibility index (Phi) is 23.1. The van der Waals surface area contributed by atoms with Gasteiger partial charge >= 0.3 is 0 Å². The Hall–Kier alpha value is -10.9. The predicted molar refractivity (Wildman–Crippen MR) is 367 cm³/mol. The second-order valence-electron chi connectivity index (χ2n) is 26.1. The first-order chi connectivity index (χ1) is 48.4. The van der Waals surface area contributed by atoms with Crippen LogP contribution in [0.4, 0.5) is 26.3 Å². The van der Waals surface area contributed by atoms with Crippen molar-refractivity contribution in [1.29, 1.82) is 0 Å². The first-order valence-electron chi connectivity index (χ1n) is 32.3. The summed E-state index contributed by atoms with van der Waals surface area (Å²) in [5.41, 5.74) is 1.95. The Labute approximate surface area is 584 Å². The number of imide groups is 2. The molecule has 4 aromatic heterocycles. The fourth-order valence-electron chi connectivity index (χ4n) is 12.0. The molecule has 6 aromatic carbocycles. The molecule has 0 saturated carbocycles. The van der Waals surface area contributed by atoms with Gasteiger partial charge in [0.05, 0.1) is 81.8 Å². The zero-order chi connectivity index (χ0) is 72.3. The number of hydrogen-bond donors (Lipinski definition) is 1. The highest BCUT2D eigenvalue weighted by Gasteiger charge is 2.44. The second-order valence-corrected chi connectivity index (χ2v) is 26.5. The number of amides is 5. The predicted octanol–water partition coefficient (Wildman–Crippen LogP) is 14.4. The zero-order valence-corrected chi connectivity index (χ0v) is 56.7. The van der Waals surface area contributed by atoms with E-state index in [1.807, 2.05) is 102 Å². The topological polar surface area (TPSA) is 211 Å². The third-order valence-electron chi connectivity index (χ3n) is 16.9. The molecular formula is C76H71ClF6N12O6. The van der Waals surface area contributed by atoms with E-state index in [0.29, 0.717) is 17.9 Å². The molecule has 12 rings (SSSR count). The Morgan fingerprint density at radius 2 is 0.921 bits per heavy atom. The SMILES string of the molecule is CC(C)(C)[C@@H](NCC[C@@H](CF)N1C(=O)c2ccccc2C1=O)c1nc(-c2cc(F)ccc2F)nn1Cc1ccccc1.CC(C)(C)[C@H](c1nc(-c2cc(F)ccc2F)nn1Cc1ccccc1)N(CC[C@@H](CF)N1C(=O)c2ccccc2C1=O)C(=O)c1cccnc1.O=C(Cl)c1cccnc1. The quantitative estimate of drug-likeness (QED) is 0.0381. The number of nitrogens with one attached hydrogen (secondary N) is 1. The van der Waals surface area contributed by atoms with Crippen LogP contribution >= 0.6 is 11.6 Å². The molecule has 18 nitrogen and oxygen atoms in total. The number of nitrogens with zero attached hydrogens (tertiary/aromatic N) is 11. The lowest BCUT2D eigenvalue weighted by Crippen LogP contribution is -2.47. The van der Waals surface area contributed by atoms with Crippen LogP contribution in [0, 0.1) is 34.1 Å². The highest BCUT2D eigenvalue weighted by Crippen LogP contribution is 2.41. The van der Waals surface area contributed by atoms with Gasteiger partial charge in [-0.1, -0.05) is 126 Å². The molecule has 0 radical (unpaired) electrons. The number of alkyl halides is 2. The van der Waals surface area contributed by atoms with E-state index in [4.69, 9.17) is 16.6 Å². The molecule has 0 aliphatic carbocycles. The van der Waals surface area contributed by atoms with Gasteiger partial charge in [0.2, 0.25) is 0 Å². The molecule has 10 aromatic rings. The molecule has 4 atom stereocenters. The van der Waals surface area contributed by atoms with Crippen LogP contribution in [0.15, 0.2) is 195 Å². The van der Waals surface area contributed by atoms with Crippen molar-refractivity contribution in [3.63, 3.8) is 0 Å². The molecule has 0 bridgehead atoms. The van der Waals surface area contributed by atoms with Gasteiger partial charge in [0.1, 0.15) is 42.4 Å². The Balaban J connectivity index is 0.000000196. The maximum absolute atomic E-state index is 15.1. The minimum absolute atomic E-state index is 0.0432. The maximum Gasteiger partial charge on any atom is 0.261 e. The number of carbonyl (C=O) groups is 6. The molecule has 25 heteroatoms. The van der Waals surface area contributed by atoms with Crippen LogP contribution in [0.2, 0.25) is 0 Å². The maximum atomic E-state index is 15.1. The normalized spacial score (nSPS) is 13.9. The molecule has 1 N–H and O–H groups in total. The Bertz CT molecular complexity index is 4550. The number of carbonyl (C=O) groups excluding carboxylic acids is 6. The molecule has 520 valence electrons. The van der Waals surface area contributed by atoms with Crippen molar-refractivity contribution in [1.82, 2.24) is 59.5 Å². The van der Waals surface area contributed by atoms with Crippen LogP contribution in [0.1, 0.15) is 151 Å². The van der Waals surface area contributed by atoms with Crippen molar-refractivity contribution in [3.8, 4) is 22.8 Å². The number of pyridine rings is 2. The lowest BCUT2D eigenvalue weighted by Gasteiger charge is -2.40. The fraction of sp³-hybridized carbons (Fsp3) is 0.263. The van der Waals surface area contributed by atoms with Gasteiger partial charge in [0.15, 0.2) is 17.5 Å². The molecule has 101 heavy (non-hydrogen) atoms. The number of aromatic nitrogens is 8. The van der Waals surface area contributed by atoms with Gasteiger partial charge in [-0.25, -0.2) is 45.7 Å². The van der Waals surface area contributed by atoms with Gasteiger partial charge < -0.3 is 10.2 Å². The highest BCUT2D eigenvalue weighted by molar-refractivity contribution is 6.67. The van der Waals surface area contributed by atoms with Crippen molar-refractivity contribution in [2.45, 2.75) is 91.6 Å². The average molecular weight is 1400 g/mol. The first kappa shape index (κ1) is 72.9. The van der Waals surface area contributed by atoms with Crippen molar-refractivity contribution in [2.75, 3.05) is 26.4 Å². The summed E-state index contributed by atoms with van der Waals surface area (Å²) in [5.74, 6) is -4.61. The monoisotopic (exact) mass is 1400 g/mol. The molecule has 2 aliphatic rings. The molecule has 5 amide bonds. The van der Waals surface area contributed by atoms with Gasteiger partial charge in [-0.2, -0.15) is 10.2 Å². The lowest BCUT2D eigenvalue weighted by molar-refractivity contribution is 0.0405. The van der Waals surface area contributed by atoms with E-state index in [-0.39, 0.29) is 88.9 Å². The summed E-state index contributed by atoms with van der Waals surface area (Å²) in [6.07, 6.45) is 6.01.